The molecule has 22 heavy (non-hydrogen) atoms. The molecular formula is C17H16ClN3O. The van der Waals surface area contributed by atoms with E-state index in [1.807, 2.05) is 49.4 Å². The Bertz CT molecular complexity index is 784. The van der Waals surface area contributed by atoms with Gasteiger partial charge in [-0.3, -0.25) is 0 Å². The fourth-order valence-electron chi connectivity index (χ4n) is 2.49. The number of hydrogen-bond acceptors (Lipinski definition) is 4. The van der Waals surface area contributed by atoms with Crippen molar-refractivity contribution >= 4 is 28.3 Å². The van der Waals surface area contributed by atoms with E-state index in [4.69, 9.17) is 11.6 Å². The molecule has 0 saturated heterocycles. The number of aryl methyl sites for hydroxylation is 1. The highest BCUT2D eigenvalue weighted by Crippen LogP contribution is 2.27. The van der Waals surface area contributed by atoms with E-state index in [1.54, 1.807) is 0 Å². The molecule has 0 radical (unpaired) electrons. The van der Waals surface area contributed by atoms with Crippen LogP contribution in [0.2, 0.25) is 5.02 Å². The number of aromatic nitrogens is 2. The Morgan fingerprint density at radius 3 is 2.64 bits per heavy atom. The SMILES string of the molecule is Cc1cccc2ncnc(NC(CO)c3ccc(Cl)cc3)c12. The molecule has 1 unspecified atom stereocenters. The predicted molar refractivity (Wildman–Crippen MR) is 89.2 cm³/mol. The number of benzene rings is 2. The molecule has 0 fully saturated rings. The van der Waals surface area contributed by atoms with Crippen molar-refractivity contribution in [2.75, 3.05) is 11.9 Å². The van der Waals surface area contributed by atoms with Crippen LogP contribution in [-0.2, 0) is 0 Å². The maximum absolute atomic E-state index is 9.71. The van der Waals surface area contributed by atoms with Crippen LogP contribution >= 0.6 is 11.6 Å². The second-order valence-corrected chi connectivity index (χ2v) is 5.56. The zero-order valence-corrected chi connectivity index (χ0v) is 12.9. The number of anilines is 1. The van der Waals surface area contributed by atoms with Crippen molar-refractivity contribution in [3.63, 3.8) is 0 Å². The number of nitrogens with zero attached hydrogens (tertiary/aromatic N) is 2. The molecule has 1 atom stereocenters. The van der Waals surface area contributed by atoms with Gasteiger partial charge in [0.1, 0.15) is 12.1 Å². The van der Waals surface area contributed by atoms with Gasteiger partial charge in [0.15, 0.2) is 0 Å². The summed E-state index contributed by atoms with van der Waals surface area (Å²) in [6.45, 7) is 1.98. The molecule has 5 heteroatoms. The molecule has 0 aliphatic carbocycles. The minimum absolute atomic E-state index is 0.0426. The normalized spacial score (nSPS) is 12.3. The first-order chi connectivity index (χ1) is 10.7. The van der Waals surface area contributed by atoms with E-state index >= 15 is 0 Å². The van der Waals surface area contributed by atoms with Crippen LogP contribution in [0.5, 0.6) is 0 Å². The van der Waals surface area contributed by atoms with Gasteiger partial charge in [0.25, 0.3) is 0 Å². The lowest BCUT2D eigenvalue weighted by atomic mass is 10.1. The molecule has 112 valence electrons. The zero-order chi connectivity index (χ0) is 15.5. The summed E-state index contributed by atoms with van der Waals surface area (Å²) in [6.07, 6.45) is 1.53. The van der Waals surface area contributed by atoms with Gasteiger partial charge in [-0.05, 0) is 36.2 Å². The van der Waals surface area contributed by atoms with Crippen molar-refractivity contribution in [2.24, 2.45) is 0 Å². The maximum atomic E-state index is 9.71. The van der Waals surface area contributed by atoms with Crippen LogP contribution in [0.1, 0.15) is 17.2 Å². The summed E-state index contributed by atoms with van der Waals surface area (Å²) in [6, 6.07) is 13.1. The second kappa shape index (κ2) is 6.30. The van der Waals surface area contributed by atoms with Crippen LogP contribution in [0, 0.1) is 6.92 Å². The number of hydrogen-bond donors (Lipinski definition) is 2. The second-order valence-electron chi connectivity index (χ2n) is 5.12. The molecule has 0 aliphatic rings. The van der Waals surface area contributed by atoms with Crippen molar-refractivity contribution in [2.45, 2.75) is 13.0 Å². The molecule has 2 aromatic carbocycles. The summed E-state index contributed by atoms with van der Waals surface area (Å²) >= 11 is 5.92. The molecule has 3 rings (SSSR count). The van der Waals surface area contributed by atoms with Gasteiger partial charge in [-0.15, -0.1) is 0 Å². The molecule has 3 aromatic rings. The largest absolute Gasteiger partial charge is 0.394 e. The summed E-state index contributed by atoms with van der Waals surface area (Å²) in [7, 11) is 0. The fourth-order valence-corrected chi connectivity index (χ4v) is 2.61. The van der Waals surface area contributed by atoms with Crippen molar-refractivity contribution in [3.8, 4) is 0 Å². The van der Waals surface area contributed by atoms with E-state index in [9.17, 15) is 5.11 Å². The van der Waals surface area contributed by atoms with Crippen molar-refractivity contribution in [1.82, 2.24) is 9.97 Å². The third kappa shape index (κ3) is 2.89. The van der Waals surface area contributed by atoms with Crippen LogP contribution in [0.25, 0.3) is 10.9 Å². The summed E-state index contributed by atoms with van der Waals surface area (Å²) in [5.41, 5.74) is 2.92. The van der Waals surface area contributed by atoms with Gasteiger partial charge >= 0.3 is 0 Å². The van der Waals surface area contributed by atoms with E-state index in [1.165, 1.54) is 6.33 Å². The third-order valence-electron chi connectivity index (χ3n) is 3.64. The van der Waals surface area contributed by atoms with E-state index in [2.05, 4.69) is 15.3 Å². The standard InChI is InChI=1S/C17H16ClN3O/c1-11-3-2-4-14-16(11)17(20-10-19-14)21-15(9-22)12-5-7-13(18)8-6-12/h2-8,10,15,22H,9H2,1H3,(H,19,20,21). The Balaban J connectivity index is 1.99. The molecular weight excluding hydrogens is 298 g/mol. The molecule has 0 amide bonds. The first-order valence-electron chi connectivity index (χ1n) is 7.02. The number of nitrogens with one attached hydrogen (secondary N) is 1. The summed E-state index contributed by atoms with van der Waals surface area (Å²) in [5.74, 6) is 0.720. The minimum Gasteiger partial charge on any atom is -0.394 e. The van der Waals surface area contributed by atoms with Crippen molar-refractivity contribution in [3.05, 3.63) is 64.9 Å². The fraction of sp³-hybridized carbons (Fsp3) is 0.176. The van der Waals surface area contributed by atoms with Crippen molar-refractivity contribution in [1.29, 1.82) is 0 Å². The summed E-state index contributed by atoms with van der Waals surface area (Å²) in [5, 5.41) is 14.7. The number of fused-ring (bicyclic) bond motifs is 1. The number of halogens is 1. The van der Waals surface area contributed by atoms with Gasteiger partial charge in [0, 0.05) is 10.4 Å². The van der Waals surface area contributed by atoms with Gasteiger partial charge in [-0.2, -0.15) is 0 Å². The molecule has 0 bridgehead atoms. The lowest BCUT2D eigenvalue weighted by molar-refractivity contribution is 0.276. The van der Waals surface area contributed by atoms with Gasteiger partial charge in [0.2, 0.25) is 0 Å². The lowest BCUT2D eigenvalue weighted by Crippen LogP contribution is -2.16. The van der Waals surface area contributed by atoms with Crippen LogP contribution in [0.3, 0.4) is 0 Å². The average molecular weight is 314 g/mol. The predicted octanol–water partition coefficient (Wildman–Crippen LogP) is 3.74. The average Bonchev–Trinajstić information content (AvgIpc) is 2.54. The smallest absolute Gasteiger partial charge is 0.138 e. The molecule has 1 aromatic heterocycles. The first-order valence-corrected chi connectivity index (χ1v) is 7.40. The van der Waals surface area contributed by atoms with Crippen LogP contribution < -0.4 is 5.32 Å². The van der Waals surface area contributed by atoms with E-state index in [-0.39, 0.29) is 12.6 Å². The van der Waals surface area contributed by atoms with Crippen LogP contribution in [-0.4, -0.2) is 21.7 Å². The molecule has 4 nitrogen and oxygen atoms in total. The molecule has 0 saturated carbocycles. The molecule has 2 N–H and O–H groups in total. The highest BCUT2D eigenvalue weighted by molar-refractivity contribution is 6.30. The minimum atomic E-state index is -0.255. The Kier molecular flexibility index (Phi) is 4.22. The van der Waals surface area contributed by atoms with E-state index < -0.39 is 0 Å². The zero-order valence-electron chi connectivity index (χ0n) is 12.1. The summed E-state index contributed by atoms with van der Waals surface area (Å²) < 4.78 is 0. The molecule has 0 aliphatic heterocycles. The van der Waals surface area contributed by atoms with Gasteiger partial charge in [0.05, 0.1) is 18.2 Å². The van der Waals surface area contributed by atoms with Gasteiger partial charge < -0.3 is 10.4 Å². The Morgan fingerprint density at radius 2 is 1.91 bits per heavy atom. The Morgan fingerprint density at radius 1 is 1.14 bits per heavy atom. The quantitative estimate of drug-likeness (QED) is 0.770. The number of rotatable bonds is 4. The van der Waals surface area contributed by atoms with E-state index in [0.29, 0.717) is 5.02 Å². The Labute approximate surface area is 133 Å². The van der Waals surface area contributed by atoms with Crippen LogP contribution in [0.4, 0.5) is 5.82 Å². The van der Waals surface area contributed by atoms with Gasteiger partial charge in [-0.1, -0.05) is 35.9 Å². The van der Waals surface area contributed by atoms with Gasteiger partial charge in [-0.25, -0.2) is 9.97 Å². The number of aliphatic hydroxyl groups is 1. The highest BCUT2D eigenvalue weighted by atomic mass is 35.5. The Hall–Kier alpha value is -2.17. The monoisotopic (exact) mass is 313 g/mol. The third-order valence-corrected chi connectivity index (χ3v) is 3.89. The highest BCUT2D eigenvalue weighted by Gasteiger charge is 2.14. The maximum Gasteiger partial charge on any atom is 0.138 e. The van der Waals surface area contributed by atoms with Crippen molar-refractivity contribution < 1.29 is 5.11 Å². The number of aliphatic hydroxyl groups excluding tert-OH is 1. The van der Waals surface area contributed by atoms with E-state index in [0.717, 1.165) is 27.8 Å². The first kappa shape index (κ1) is 14.8. The lowest BCUT2D eigenvalue weighted by Gasteiger charge is -2.19. The van der Waals surface area contributed by atoms with Crippen LogP contribution in [0.15, 0.2) is 48.8 Å². The topological polar surface area (TPSA) is 58.0 Å². The molecule has 0 spiro atoms. The summed E-state index contributed by atoms with van der Waals surface area (Å²) in [4.78, 5) is 8.63. The molecule has 1 heterocycles.